The highest BCUT2D eigenvalue weighted by molar-refractivity contribution is 7.15. The first-order valence-electron chi connectivity index (χ1n) is 12.5. The number of nitrogens with one attached hydrogen (secondary N) is 1. The molecule has 1 aliphatic rings. The molecule has 1 atom stereocenters. The third-order valence-corrected chi connectivity index (χ3v) is 7.50. The summed E-state index contributed by atoms with van der Waals surface area (Å²) < 4.78 is 18.9. The van der Waals surface area contributed by atoms with Gasteiger partial charge in [0.05, 0.1) is 26.0 Å². The quantitative estimate of drug-likeness (QED) is 0.309. The van der Waals surface area contributed by atoms with Gasteiger partial charge in [-0.2, -0.15) is 0 Å². The van der Waals surface area contributed by atoms with E-state index in [9.17, 15) is 4.79 Å². The lowest BCUT2D eigenvalue weighted by atomic mass is 10.1. The molecule has 194 valence electrons. The normalized spacial score (nSPS) is 15.2. The first-order chi connectivity index (χ1) is 18.0. The van der Waals surface area contributed by atoms with Gasteiger partial charge in [0, 0.05) is 54.6 Å². The molecule has 1 saturated heterocycles. The van der Waals surface area contributed by atoms with E-state index in [1.54, 1.807) is 25.6 Å². The summed E-state index contributed by atoms with van der Waals surface area (Å²) in [6.07, 6.45) is 4.80. The maximum atomic E-state index is 13.3. The smallest absolute Gasteiger partial charge is 0.321 e. The second kappa shape index (κ2) is 11.2. The fourth-order valence-electron chi connectivity index (χ4n) is 4.64. The minimum Gasteiger partial charge on any atom is -0.497 e. The number of nitrogens with zero attached hydrogens (tertiary/aromatic N) is 3. The van der Waals surface area contributed by atoms with Crippen LogP contribution in [0.1, 0.15) is 24.1 Å². The van der Waals surface area contributed by atoms with Crippen LogP contribution in [0.5, 0.6) is 11.5 Å². The van der Waals surface area contributed by atoms with Crippen molar-refractivity contribution in [3.8, 4) is 22.8 Å². The standard InChI is InChI=1S/C28H32N4O4S/c1-19-6-4-7-20(14-19)29-27(33)31(16-23-8-5-13-36-23)12-11-21-18-37-28-30-25(17-32(21)28)24-15-22(34-2)9-10-26(24)35-3/h4,6-7,9-10,14-15,17-18,23H,5,8,11-13,16H2,1-3H3,(H,29,33). The van der Waals surface area contributed by atoms with Crippen molar-refractivity contribution < 1.29 is 19.0 Å². The Morgan fingerprint density at radius 2 is 2.14 bits per heavy atom. The Morgan fingerprint density at radius 1 is 1.24 bits per heavy atom. The summed E-state index contributed by atoms with van der Waals surface area (Å²) in [6, 6.07) is 13.4. The average Bonchev–Trinajstić information content (AvgIpc) is 3.64. The van der Waals surface area contributed by atoms with E-state index in [4.69, 9.17) is 19.2 Å². The second-order valence-electron chi connectivity index (χ2n) is 9.20. The van der Waals surface area contributed by atoms with Gasteiger partial charge in [-0.05, 0) is 55.7 Å². The number of anilines is 1. The fourth-order valence-corrected chi connectivity index (χ4v) is 5.55. The number of carbonyl (C=O) groups excluding carboxylic acids is 1. The van der Waals surface area contributed by atoms with Crippen molar-refractivity contribution in [2.45, 2.75) is 32.3 Å². The Hall–Kier alpha value is -3.56. The van der Waals surface area contributed by atoms with Crippen molar-refractivity contribution in [1.82, 2.24) is 14.3 Å². The lowest BCUT2D eigenvalue weighted by molar-refractivity contribution is 0.0838. The van der Waals surface area contributed by atoms with Gasteiger partial charge in [0.1, 0.15) is 11.5 Å². The van der Waals surface area contributed by atoms with Crippen LogP contribution in [0.15, 0.2) is 54.0 Å². The van der Waals surface area contributed by atoms with Gasteiger partial charge in [0.15, 0.2) is 4.96 Å². The van der Waals surface area contributed by atoms with Crippen LogP contribution in [0.3, 0.4) is 0 Å². The molecule has 9 heteroatoms. The first kappa shape index (κ1) is 25.1. The van der Waals surface area contributed by atoms with Crippen molar-refractivity contribution in [3.05, 3.63) is 65.3 Å². The Balaban J connectivity index is 1.35. The van der Waals surface area contributed by atoms with Gasteiger partial charge < -0.3 is 24.4 Å². The summed E-state index contributed by atoms with van der Waals surface area (Å²) in [7, 11) is 3.30. The molecular formula is C28H32N4O4S. The van der Waals surface area contributed by atoms with Gasteiger partial charge in [-0.1, -0.05) is 12.1 Å². The molecule has 4 aromatic rings. The van der Waals surface area contributed by atoms with Crippen molar-refractivity contribution in [3.63, 3.8) is 0 Å². The van der Waals surface area contributed by atoms with Crippen LogP contribution >= 0.6 is 11.3 Å². The topological polar surface area (TPSA) is 77.3 Å². The molecule has 8 nitrogen and oxygen atoms in total. The largest absolute Gasteiger partial charge is 0.497 e. The van der Waals surface area contributed by atoms with Crippen LogP contribution < -0.4 is 14.8 Å². The Labute approximate surface area is 220 Å². The van der Waals surface area contributed by atoms with E-state index in [2.05, 4.69) is 15.1 Å². The highest BCUT2D eigenvalue weighted by Gasteiger charge is 2.23. The molecular weight excluding hydrogens is 488 g/mol. The molecule has 1 unspecified atom stereocenters. The third kappa shape index (κ3) is 5.73. The Morgan fingerprint density at radius 3 is 2.89 bits per heavy atom. The summed E-state index contributed by atoms with van der Waals surface area (Å²) in [5.74, 6) is 1.49. The first-order valence-corrected chi connectivity index (χ1v) is 13.3. The molecule has 2 aromatic carbocycles. The Bertz CT molecular complexity index is 1380. The van der Waals surface area contributed by atoms with Crippen LogP contribution in [-0.2, 0) is 11.2 Å². The molecule has 2 amide bonds. The van der Waals surface area contributed by atoms with Crippen molar-refractivity contribution >= 4 is 28.0 Å². The van der Waals surface area contributed by atoms with Gasteiger partial charge in [-0.25, -0.2) is 9.78 Å². The molecule has 0 bridgehead atoms. The zero-order valence-corrected chi connectivity index (χ0v) is 22.2. The summed E-state index contributed by atoms with van der Waals surface area (Å²) in [5.41, 5.74) is 4.69. The summed E-state index contributed by atoms with van der Waals surface area (Å²) in [5, 5.41) is 5.17. The van der Waals surface area contributed by atoms with E-state index in [1.807, 2.05) is 60.5 Å². The van der Waals surface area contributed by atoms with Crippen molar-refractivity contribution in [2.24, 2.45) is 0 Å². The molecule has 3 heterocycles. The van der Waals surface area contributed by atoms with Crippen molar-refractivity contribution in [1.29, 1.82) is 0 Å². The summed E-state index contributed by atoms with van der Waals surface area (Å²) in [6.45, 7) is 3.91. The zero-order chi connectivity index (χ0) is 25.8. The predicted molar refractivity (Wildman–Crippen MR) is 146 cm³/mol. The van der Waals surface area contributed by atoms with Crippen LogP contribution in [0, 0.1) is 6.92 Å². The Kier molecular flexibility index (Phi) is 7.62. The van der Waals surface area contributed by atoms with E-state index >= 15 is 0 Å². The lowest BCUT2D eigenvalue weighted by Gasteiger charge is -2.26. The molecule has 0 aliphatic carbocycles. The lowest BCUT2D eigenvalue weighted by Crippen LogP contribution is -2.41. The van der Waals surface area contributed by atoms with Crippen LogP contribution in [0.2, 0.25) is 0 Å². The number of rotatable bonds is 9. The molecule has 2 aromatic heterocycles. The number of carbonyl (C=O) groups is 1. The van der Waals surface area contributed by atoms with Gasteiger partial charge in [-0.15, -0.1) is 11.3 Å². The number of methoxy groups -OCH3 is 2. The average molecular weight is 521 g/mol. The van der Waals surface area contributed by atoms with E-state index < -0.39 is 0 Å². The van der Waals surface area contributed by atoms with E-state index in [1.165, 1.54) is 0 Å². The van der Waals surface area contributed by atoms with Gasteiger partial charge in [-0.3, -0.25) is 4.40 Å². The highest BCUT2D eigenvalue weighted by atomic mass is 32.1. The number of aromatic nitrogens is 2. The maximum Gasteiger partial charge on any atom is 0.321 e. The molecule has 0 radical (unpaired) electrons. The number of ether oxygens (including phenoxy) is 3. The number of benzene rings is 2. The number of urea groups is 1. The minimum atomic E-state index is -0.111. The molecule has 37 heavy (non-hydrogen) atoms. The number of amides is 2. The summed E-state index contributed by atoms with van der Waals surface area (Å²) in [4.78, 5) is 20.9. The van der Waals surface area contributed by atoms with Crippen molar-refractivity contribution in [2.75, 3.05) is 39.2 Å². The molecule has 1 aliphatic heterocycles. The number of hydrogen-bond acceptors (Lipinski definition) is 6. The molecule has 1 N–H and O–H groups in total. The zero-order valence-electron chi connectivity index (χ0n) is 21.4. The number of aryl methyl sites for hydroxylation is 1. The van der Waals surface area contributed by atoms with Gasteiger partial charge in [0.25, 0.3) is 0 Å². The van der Waals surface area contributed by atoms with Gasteiger partial charge in [0.2, 0.25) is 0 Å². The number of hydrogen-bond donors (Lipinski definition) is 1. The molecule has 0 spiro atoms. The number of imidazole rings is 1. The molecule has 5 rings (SSSR count). The molecule has 0 saturated carbocycles. The maximum absolute atomic E-state index is 13.3. The van der Waals surface area contributed by atoms with Crippen LogP contribution in [-0.4, -0.2) is 60.3 Å². The molecule has 1 fully saturated rings. The third-order valence-electron chi connectivity index (χ3n) is 6.61. The fraction of sp³-hybridized carbons (Fsp3) is 0.357. The minimum absolute atomic E-state index is 0.0751. The monoisotopic (exact) mass is 520 g/mol. The van der Waals surface area contributed by atoms with Gasteiger partial charge >= 0.3 is 6.03 Å². The van der Waals surface area contributed by atoms with Crippen LogP contribution in [0.4, 0.5) is 10.5 Å². The van der Waals surface area contributed by atoms with E-state index in [0.717, 1.165) is 64.1 Å². The number of fused-ring (bicyclic) bond motifs is 1. The SMILES string of the molecule is COc1ccc(OC)c(-c2cn3c(CCN(CC4CCCO4)C(=O)Nc4cccc(C)c4)csc3n2)c1. The predicted octanol–water partition coefficient (Wildman–Crippen LogP) is 5.64. The van der Waals surface area contributed by atoms with Crippen LogP contribution in [0.25, 0.3) is 16.2 Å². The highest BCUT2D eigenvalue weighted by Crippen LogP contribution is 2.34. The second-order valence-corrected chi connectivity index (χ2v) is 10.0. The number of thiazole rings is 1. The summed E-state index contributed by atoms with van der Waals surface area (Å²) >= 11 is 1.59. The van der Waals surface area contributed by atoms with E-state index in [-0.39, 0.29) is 12.1 Å². The van der Waals surface area contributed by atoms with E-state index in [0.29, 0.717) is 19.5 Å².